The summed E-state index contributed by atoms with van der Waals surface area (Å²) in [6, 6.07) is 9.92. The Morgan fingerprint density at radius 2 is 1.95 bits per heavy atom. The topological polar surface area (TPSA) is 49.8 Å². The molecule has 4 nitrogen and oxygen atoms in total. The van der Waals surface area contributed by atoms with Crippen molar-refractivity contribution in [3.63, 3.8) is 0 Å². The standard InChI is InChI=1S/C16H23NO3/c1-16(2,3)14-10-17(15(19)11-18)9-13(20-14)12-7-5-4-6-8-12/h4-8,13-14,18H,9-11H2,1-3H3/t13-,14+/m0/s1. The van der Waals surface area contributed by atoms with E-state index >= 15 is 0 Å². The highest BCUT2D eigenvalue weighted by molar-refractivity contribution is 5.77. The number of hydrogen-bond donors (Lipinski definition) is 1. The van der Waals surface area contributed by atoms with Gasteiger partial charge in [-0.05, 0) is 11.0 Å². The van der Waals surface area contributed by atoms with E-state index in [2.05, 4.69) is 20.8 Å². The summed E-state index contributed by atoms with van der Waals surface area (Å²) in [6.07, 6.45) is -0.179. The number of hydrogen-bond acceptors (Lipinski definition) is 3. The molecule has 1 fully saturated rings. The summed E-state index contributed by atoms with van der Waals surface area (Å²) in [5.41, 5.74) is 1.01. The molecule has 1 aliphatic heterocycles. The van der Waals surface area contributed by atoms with Crippen LogP contribution < -0.4 is 0 Å². The van der Waals surface area contributed by atoms with E-state index in [1.54, 1.807) is 4.90 Å². The molecule has 0 saturated carbocycles. The van der Waals surface area contributed by atoms with Crippen LogP contribution in [0.4, 0.5) is 0 Å². The van der Waals surface area contributed by atoms with E-state index in [1.165, 1.54) is 0 Å². The van der Waals surface area contributed by atoms with Crippen LogP contribution >= 0.6 is 0 Å². The van der Waals surface area contributed by atoms with E-state index in [0.717, 1.165) is 5.56 Å². The van der Waals surface area contributed by atoms with Crippen molar-refractivity contribution in [2.75, 3.05) is 19.7 Å². The van der Waals surface area contributed by atoms with Crippen molar-refractivity contribution >= 4 is 5.91 Å². The maximum Gasteiger partial charge on any atom is 0.248 e. The van der Waals surface area contributed by atoms with Gasteiger partial charge in [-0.15, -0.1) is 0 Å². The average Bonchev–Trinajstić information content (AvgIpc) is 2.46. The third kappa shape index (κ3) is 3.38. The fraction of sp³-hybridized carbons (Fsp3) is 0.562. The van der Waals surface area contributed by atoms with Crippen molar-refractivity contribution in [3.05, 3.63) is 35.9 Å². The number of rotatable bonds is 2. The van der Waals surface area contributed by atoms with Gasteiger partial charge < -0.3 is 14.7 Å². The summed E-state index contributed by atoms with van der Waals surface area (Å²) < 4.78 is 6.19. The molecule has 1 aliphatic rings. The summed E-state index contributed by atoms with van der Waals surface area (Å²) in [7, 11) is 0. The van der Waals surface area contributed by atoms with Crippen LogP contribution in [0.2, 0.25) is 0 Å². The maximum atomic E-state index is 11.8. The number of benzene rings is 1. The van der Waals surface area contributed by atoms with Crippen molar-refractivity contribution in [2.24, 2.45) is 5.41 Å². The van der Waals surface area contributed by atoms with Crippen molar-refractivity contribution in [2.45, 2.75) is 33.0 Å². The van der Waals surface area contributed by atoms with E-state index in [1.807, 2.05) is 30.3 Å². The minimum Gasteiger partial charge on any atom is -0.387 e. The van der Waals surface area contributed by atoms with Crippen LogP contribution in [-0.4, -0.2) is 41.7 Å². The van der Waals surface area contributed by atoms with Gasteiger partial charge in [0.1, 0.15) is 12.7 Å². The van der Waals surface area contributed by atoms with Crippen LogP contribution in [0, 0.1) is 5.41 Å². The largest absolute Gasteiger partial charge is 0.387 e. The summed E-state index contributed by atoms with van der Waals surface area (Å²) >= 11 is 0. The van der Waals surface area contributed by atoms with Crippen molar-refractivity contribution in [3.8, 4) is 0 Å². The fourth-order valence-corrected chi connectivity index (χ4v) is 2.39. The molecule has 0 bridgehead atoms. The van der Waals surface area contributed by atoms with E-state index in [4.69, 9.17) is 9.84 Å². The van der Waals surface area contributed by atoms with Crippen LogP contribution in [0.5, 0.6) is 0 Å². The first kappa shape index (κ1) is 15.0. The number of morpholine rings is 1. The van der Waals surface area contributed by atoms with Crippen molar-refractivity contribution in [1.82, 2.24) is 4.90 Å². The lowest BCUT2D eigenvalue weighted by molar-refractivity contribution is -0.159. The number of carbonyl (C=O) groups is 1. The van der Waals surface area contributed by atoms with Gasteiger partial charge in [-0.25, -0.2) is 0 Å². The van der Waals surface area contributed by atoms with Crippen LogP contribution in [0.3, 0.4) is 0 Å². The van der Waals surface area contributed by atoms with Crippen LogP contribution in [0.25, 0.3) is 0 Å². The minimum atomic E-state index is -0.446. The Bertz CT molecular complexity index is 453. The van der Waals surface area contributed by atoms with Gasteiger partial charge in [0.2, 0.25) is 5.91 Å². The molecule has 20 heavy (non-hydrogen) atoms. The molecule has 2 rings (SSSR count). The minimum absolute atomic E-state index is 0.0445. The van der Waals surface area contributed by atoms with Gasteiger partial charge in [0.15, 0.2) is 0 Å². The first-order chi connectivity index (χ1) is 9.41. The van der Waals surface area contributed by atoms with E-state index in [0.29, 0.717) is 13.1 Å². The fourth-order valence-electron chi connectivity index (χ4n) is 2.39. The Labute approximate surface area is 120 Å². The molecule has 1 aromatic carbocycles. The van der Waals surface area contributed by atoms with Crippen LogP contribution in [-0.2, 0) is 9.53 Å². The van der Waals surface area contributed by atoms with Gasteiger partial charge in [-0.3, -0.25) is 4.79 Å². The SMILES string of the molecule is CC(C)(C)[C@H]1CN(C(=O)CO)C[C@@H](c2ccccc2)O1. The summed E-state index contributed by atoms with van der Waals surface area (Å²) in [5, 5.41) is 9.10. The first-order valence-electron chi connectivity index (χ1n) is 7.01. The molecular formula is C16H23NO3. The molecule has 0 unspecified atom stereocenters. The molecule has 4 heteroatoms. The molecule has 0 radical (unpaired) electrons. The highest BCUT2D eigenvalue weighted by Crippen LogP contribution is 2.33. The summed E-state index contributed by atoms with van der Waals surface area (Å²) in [5.74, 6) is -0.233. The van der Waals surface area contributed by atoms with Crippen LogP contribution in [0.15, 0.2) is 30.3 Å². The highest BCUT2D eigenvalue weighted by Gasteiger charge is 2.37. The molecule has 1 saturated heterocycles. The Morgan fingerprint density at radius 1 is 1.30 bits per heavy atom. The normalized spacial score (nSPS) is 23.7. The quantitative estimate of drug-likeness (QED) is 0.899. The molecule has 1 aromatic rings. The summed E-state index contributed by atoms with van der Waals surface area (Å²) in [4.78, 5) is 13.5. The zero-order valence-corrected chi connectivity index (χ0v) is 12.4. The molecule has 0 aromatic heterocycles. The monoisotopic (exact) mass is 277 g/mol. The van der Waals surface area contributed by atoms with Gasteiger partial charge in [-0.1, -0.05) is 51.1 Å². The van der Waals surface area contributed by atoms with Crippen LogP contribution in [0.1, 0.15) is 32.4 Å². The van der Waals surface area contributed by atoms with Crippen molar-refractivity contribution in [1.29, 1.82) is 0 Å². The Morgan fingerprint density at radius 3 is 2.50 bits per heavy atom. The molecule has 1 amide bonds. The molecule has 2 atom stereocenters. The first-order valence-corrected chi connectivity index (χ1v) is 7.01. The lowest BCUT2D eigenvalue weighted by Gasteiger charge is -2.43. The second-order valence-corrected chi connectivity index (χ2v) is 6.35. The lowest BCUT2D eigenvalue weighted by atomic mass is 9.87. The molecule has 1 heterocycles. The summed E-state index contributed by atoms with van der Waals surface area (Å²) in [6.45, 7) is 6.90. The third-order valence-corrected chi connectivity index (χ3v) is 3.73. The third-order valence-electron chi connectivity index (χ3n) is 3.73. The van der Waals surface area contributed by atoms with Crippen molar-refractivity contribution < 1.29 is 14.6 Å². The number of amides is 1. The second-order valence-electron chi connectivity index (χ2n) is 6.35. The number of aliphatic hydroxyl groups is 1. The lowest BCUT2D eigenvalue weighted by Crippen LogP contribution is -2.51. The number of ether oxygens (including phenoxy) is 1. The van der Waals surface area contributed by atoms with E-state index < -0.39 is 6.61 Å². The Balaban J connectivity index is 2.22. The van der Waals surface area contributed by atoms with Gasteiger partial charge in [-0.2, -0.15) is 0 Å². The van der Waals surface area contributed by atoms with Gasteiger partial charge in [0, 0.05) is 6.54 Å². The Hall–Kier alpha value is -1.39. The maximum absolute atomic E-state index is 11.8. The predicted octanol–water partition coefficient (Wildman–Crippen LogP) is 1.99. The number of aliphatic hydroxyl groups excluding tert-OH is 1. The average molecular weight is 277 g/mol. The molecule has 0 spiro atoms. The molecular weight excluding hydrogens is 254 g/mol. The second kappa shape index (κ2) is 5.94. The predicted molar refractivity (Wildman–Crippen MR) is 77.2 cm³/mol. The smallest absolute Gasteiger partial charge is 0.248 e. The molecule has 0 aliphatic carbocycles. The van der Waals surface area contributed by atoms with E-state index in [-0.39, 0.29) is 23.5 Å². The van der Waals surface area contributed by atoms with Gasteiger partial charge >= 0.3 is 0 Å². The number of nitrogens with zero attached hydrogens (tertiary/aromatic N) is 1. The van der Waals surface area contributed by atoms with E-state index in [9.17, 15) is 4.79 Å². The van der Waals surface area contributed by atoms with Gasteiger partial charge in [0.25, 0.3) is 0 Å². The number of carbonyl (C=O) groups excluding carboxylic acids is 1. The zero-order valence-electron chi connectivity index (χ0n) is 12.4. The zero-order chi connectivity index (χ0) is 14.8. The Kier molecular flexibility index (Phi) is 4.45. The van der Waals surface area contributed by atoms with Gasteiger partial charge in [0.05, 0.1) is 12.6 Å². The molecule has 1 N–H and O–H groups in total. The highest BCUT2D eigenvalue weighted by atomic mass is 16.5. The molecule has 110 valence electrons.